The monoisotopic (exact) mass is 243 g/mol. The number of hydrogen-bond acceptors (Lipinski definition) is 4. The van der Waals surface area contributed by atoms with Crippen molar-refractivity contribution in [2.24, 2.45) is 0 Å². The van der Waals surface area contributed by atoms with Gasteiger partial charge in [0.25, 0.3) is 0 Å². The number of nitrogens with one attached hydrogen (secondary N) is 1. The van der Waals surface area contributed by atoms with Gasteiger partial charge >= 0.3 is 0 Å². The molecule has 16 heavy (non-hydrogen) atoms. The van der Waals surface area contributed by atoms with Crippen LogP contribution in [0.1, 0.15) is 24.9 Å². The molecular formula is C11H17NO3S. The summed E-state index contributed by atoms with van der Waals surface area (Å²) in [6.45, 7) is 4.43. The lowest BCUT2D eigenvalue weighted by molar-refractivity contribution is 0.364. The van der Waals surface area contributed by atoms with Crippen molar-refractivity contribution >= 4 is 9.84 Å². The summed E-state index contributed by atoms with van der Waals surface area (Å²) >= 11 is 0. The van der Waals surface area contributed by atoms with Gasteiger partial charge in [-0.2, -0.15) is 0 Å². The van der Waals surface area contributed by atoms with Crippen LogP contribution in [-0.4, -0.2) is 25.5 Å². The molecule has 0 saturated carbocycles. The molecule has 0 amide bonds. The number of hydrogen-bond donors (Lipinski definition) is 1. The smallest absolute Gasteiger partial charge is 0.152 e. The van der Waals surface area contributed by atoms with E-state index in [0.29, 0.717) is 13.0 Å². The molecule has 1 aliphatic heterocycles. The first-order valence-electron chi connectivity index (χ1n) is 5.39. The van der Waals surface area contributed by atoms with E-state index in [-0.39, 0.29) is 17.0 Å². The average Bonchev–Trinajstić information content (AvgIpc) is 2.69. The Hall–Kier alpha value is -0.810. The van der Waals surface area contributed by atoms with Crippen molar-refractivity contribution < 1.29 is 12.8 Å². The van der Waals surface area contributed by atoms with Gasteiger partial charge in [-0.05, 0) is 32.4 Å². The Morgan fingerprint density at radius 2 is 2.25 bits per heavy atom. The minimum atomic E-state index is -2.85. The SMILES string of the molecule is Cc1ccc(CNC2(C)CCS(=O)(=O)C2)o1. The van der Waals surface area contributed by atoms with Crippen molar-refractivity contribution in [2.75, 3.05) is 11.5 Å². The van der Waals surface area contributed by atoms with Gasteiger partial charge in [0.05, 0.1) is 18.1 Å². The van der Waals surface area contributed by atoms with Gasteiger partial charge in [-0.1, -0.05) is 0 Å². The predicted molar refractivity (Wildman–Crippen MR) is 62.0 cm³/mol. The Bertz CT molecular complexity index is 477. The second-order valence-electron chi connectivity index (χ2n) is 4.77. The molecule has 1 aliphatic rings. The molecule has 0 spiro atoms. The molecule has 0 aliphatic carbocycles. The molecule has 4 nitrogen and oxygen atoms in total. The van der Waals surface area contributed by atoms with Crippen molar-refractivity contribution in [3.63, 3.8) is 0 Å². The molecule has 2 heterocycles. The lowest BCUT2D eigenvalue weighted by Gasteiger charge is -2.23. The second-order valence-corrected chi connectivity index (χ2v) is 6.95. The highest BCUT2D eigenvalue weighted by atomic mass is 32.2. The summed E-state index contributed by atoms with van der Waals surface area (Å²) in [6, 6.07) is 3.82. The third-order valence-electron chi connectivity index (χ3n) is 2.99. The molecule has 1 saturated heterocycles. The van der Waals surface area contributed by atoms with E-state index in [1.165, 1.54) is 0 Å². The van der Waals surface area contributed by atoms with E-state index in [0.717, 1.165) is 11.5 Å². The van der Waals surface area contributed by atoms with Crippen molar-refractivity contribution in [2.45, 2.75) is 32.4 Å². The van der Waals surface area contributed by atoms with Gasteiger partial charge in [0, 0.05) is 5.54 Å². The van der Waals surface area contributed by atoms with Crippen LogP contribution < -0.4 is 5.32 Å². The largest absolute Gasteiger partial charge is 0.465 e. The van der Waals surface area contributed by atoms with Gasteiger partial charge in [0.1, 0.15) is 11.5 Å². The van der Waals surface area contributed by atoms with Crippen molar-refractivity contribution in [1.82, 2.24) is 5.32 Å². The Morgan fingerprint density at radius 3 is 2.75 bits per heavy atom. The molecule has 2 rings (SSSR count). The Kier molecular flexibility index (Phi) is 2.84. The zero-order valence-corrected chi connectivity index (χ0v) is 10.4. The third-order valence-corrected chi connectivity index (χ3v) is 4.89. The summed E-state index contributed by atoms with van der Waals surface area (Å²) in [5.41, 5.74) is -0.306. The van der Waals surface area contributed by atoms with E-state index in [1.807, 2.05) is 26.0 Å². The summed E-state index contributed by atoms with van der Waals surface area (Å²) in [6.07, 6.45) is 0.676. The summed E-state index contributed by atoms with van der Waals surface area (Å²) in [5.74, 6) is 2.23. The maximum Gasteiger partial charge on any atom is 0.152 e. The van der Waals surface area contributed by atoms with Gasteiger partial charge in [0.2, 0.25) is 0 Å². The van der Waals surface area contributed by atoms with Crippen molar-refractivity contribution in [1.29, 1.82) is 0 Å². The zero-order valence-electron chi connectivity index (χ0n) is 9.62. The number of furan rings is 1. The fourth-order valence-electron chi connectivity index (χ4n) is 2.03. The molecule has 1 fully saturated rings. The Morgan fingerprint density at radius 1 is 1.50 bits per heavy atom. The third kappa shape index (κ3) is 2.65. The standard InChI is InChI=1S/C11H17NO3S/c1-9-3-4-10(15-9)7-12-11(2)5-6-16(13,14)8-11/h3-4,12H,5-8H2,1-2H3. The summed E-state index contributed by atoms with van der Waals surface area (Å²) in [4.78, 5) is 0. The molecule has 90 valence electrons. The Labute approximate surface area is 95.9 Å². The maximum absolute atomic E-state index is 11.4. The molecule has 5 heteroatoms. The lowest BCUT2D eigenvalue weighted by Crippen LogP contribution is -2.42. The van der Waals surface area contributed by atoms with E-state index in [9.17, 15) is 8.42 Å². The van der Waals surface area contributed by atoms with E-state index in [2.05, 4.69) is 5.32 Å². The first kappa shape index (κ1) is 11.7. The molecule has 1 unspecified atom stereocenters. The highest BCUT2D eigenvalue weighted by molar-refractivity contribution is 7.91. The maximum atomic E-state index is 11.4. The molecule has 0 bridgehead atoms. The van der Waals surface area contributed by atoms with Crippen LogP contribution >= 0.6 is 0 Å². The second kappa shape index (κ2) is 3.89. The zero-order chi connectivity index (χ0) is 11.8. The molecule has 0 aromatic carbocycles. The van der Waals surface area contributed by atoms with Crippen molar-refractivity contribution in [3.05, 3.63) is 23.7 Å². The van der Waals surface area contributed by atoms with Crippen LogP contribution in [0.3, 0.4) is 0 Å². The fraction of sp³-hybridized carbons (Fsp3) is 0.636. The van der Waals surface area contributed by atoms with E-state index >= 15 is 0 Å². The minimum absolute atomic E-state index is 0.222. The fourth-order valence-corrected chi connectivity index (χ4v) is 4.15. The predicted octanol–water partition coefficient (Wildman–Crippen LogP) is 1.25. The highest BCUT2D eigenvalue weighted by Crippen LogP contribution is 2.23. The molecule has 1 atom stereocenters. The lowest BCUT2D eigenvalue weighted by atomic mass is 10.0. The van der Waals surface area contributed by atoms with E-state index in [4.69, 9.17) is 4.42 Å². The van der Waals surface area contributed by atoms with Gasteiger partial charge in [-0.15, -0.1) is 0 Å². The van der Waals surface area contributed by atoms with Crippen LogP contribution in [0.5, 0.6) is 0 Å². The molecule has 1 N–H and O–H groups in total. The van der Waals surface area contributed by atoms with Gasteiger partial charge in [-0.3, -0.25) is 0 Å². The molecule has 0 radical (unpaired) electrons. The highest BCUT2D eigenvalue weighted by Gasteiger charge is 2.37. The van der Waals surface area contributed by atoms with Crippen LogP contribution in [-0.2, 0) is 16.4 Å². The number of aryl methyl sites for hydroxylation is 1. The average molecular weight is 243 g/mol. The first-order valence-corrected chi connectivity index (χ1v) is 7.22. The van der Waals surface area contributed by atoms with Crippen LogP contribution in [0.15, 0.2) is 16.5 Å². The van der Waals surface area contributed by atoms with Crippen LogP contribution in [0.2, 0.25) is 0 Å². The normalized spacial score (nSPS) is 28.4. The number of rotatable bonds is 3. The molecule has 1 aromatic rings. The summed E-state index contributed by atoms with van der Waals surface area (Å²) in [5, 5.41) is 3.27. The summed E-state index contributed by atoms with van der Waals surface area (Å²) < 4.78 is 28.2. The number of sulfone groups is 1. The topological polar surface area (TPSA) is 59.3 Å². The quantitative estimate of drug-likeness (QED) is 0.868. The van der Waals surface area contributed by atoms with E-state index in [1.54, 1.807) is 0 Å². The van der Waals surface area contributed by atoms with E-state index < -0.39 is 9.84 Å². The van der Waals surface area contributed by atoms with Gasteiger partial charge in [-0.25, -0.2) is 8.42 Å². The van der Waals surface area contributed by atoms with Crippen LogP contribution in [0, 0.1) is 6.92 Å². The molecular weight excluding hydrogens is 226 g/mol. The minimum Gasteiger partial charge on any atom is -0.465 e. The van der Waals surface area contributed by atoms with Gasteiger partial charge in [0.15, 0.2) is 9.84 Å². The molecule has 1 aromatic heterocycles. The van der Waals surface area contributed by atoms with Gasteiger partial charge < -0.3 is 9.73 Å². The summed E-state index contributed by atoms with van der Waals surface area (Å²) in [7, 11) is -2.85. The van der Waals surface area contributed by atoms with Crippen molar-refractivity contribution in [3.8, 4) is 0 Å². The first-order chi connectivity index (χ1) is 7.39. The van der Waals surface area contributed by atoms with Crippen LogP contribution in [0.4, 0.5) is 0 Å². The Balaban J connectivity index is 1.96. The van der Waals surface area contributed by atoms with Crippen LogP contribution in [0.25, 0.3) is 0 Å².